The third kappa shape index (κ3) is 3.43. The number of benzene rings is 2. The number of hydrogen-bond acceptors (Lipinski definition) is 4. The molecule has 1 saturated heterocycles. The zero-order chi connectivity index (χ0) is 19.7. The molecule has 144 valence electrons. The molecule has 2 heterocycles. The van der Waals surface area contributed by atoms with Crippen molar-refractivity contribution in [3.05, 3.63) is 53.6 Å². The fraction of sp³-hybridized carbons (Fsp3) is 0.286. The molecule has 0 unspecified atom stereocenters. The second-order valence-electron chi connectivity index (χ2n) is 6.98. The van der Waals surface area contributed by atoms with Crippen LogP contribution in [0.2, 0.25) is 0 Å². The van der Waals surface area contributed by atoms with E-state index in [4.69, 9.17) is 4.74 Å². The highest BCUT2D eigenvalue weighted by molar-refractivity contribution is 6.11. The second-order valence-corrected chi connectivity index (χ2v) is 6.98. The van der Waals surface area contributed by atoms with Crippen molar-refractivity contribution in [1.29, 1.82) is 0 Å². The Bertz CT molecular complexity index is 939. The van der Waals surface area contributed by atoms with Crippen LogP contribution in [-0.4, -0.2) is 42.3 Å². The van der Waals surface area contributed by atoms with Gasteiger partial charge in [-0.3, -0.25) is 14.4 Å². The highest BCUT2D eigenvalue weighted by Gasteiger charge is 2.38. The van der Waals surface area contributed by atoms with E-state index < -0.39 is 6.04 Å². The number of methoxy groups -OCH3 is 1. The number of fused-ring (bicyclic) bond motifs is 2. The first-order chi connectivity index (χ1) is 13.5. The molecule has 0 aliphatic carbocycles. The van der Waals surface area contributed by atoms with Gasteiger partial charge in [0, 0.05) is 12.2 Å². The van der Waals surface area contributed by atoms with E-state index in [9.17, 15) is 14.4 Å². The van der Waals surface area contributed by atoms with Crippen molar-refractivity contribution in [2.75, 3.05) is 24.3 Å². The lowest BCUT2D eigenvalue weighted by molar-refractivity contribution is -0.119. The minimum absolute atomic E-state index is 0.152. The Morgan fingerprint density at radius 2 is 2.00 bits per heavy atom. The summed E-state index contributed by atoms with van der Waals surface area (Å²) in [6, 6.07) is 11.9. The van der Waals surface area contributed by atoms with E-state index in [1.807, 2.05) is 12.1 Å². The van der Waals surface area contributed by atoms with Gasteiger partial charge in [-0.25, -0.2) is 0 Å². The minimum Gasteiger partial charge on any atom is -0.497 e. The molecule has 7 heteroatoms. The van der Waals surface area contributed by atoms with Gasteiger partial charge < -0.3 is 20.3 Å². The van der Waals surface area contributed by atoms with Crippen molar-refractivity contribution in [1.82, 2.24) is 4.90 Å². The molecule has 0 radical (unpaired) electrons. The lowest BCUT2D eigenvalue weighted by atomic mass is 10.1. The van der Waals surface area contributed by atoms with Crippen LogP contribution in [0.1, 0.15) is 28.8 Å². The number of carbonyl (C=O) groups is 3. The zero-order valence-electron chi connectivity index (χ0n) is 15.5. The number of amides is 3. The zero-order valence-corrected chi connectivity index (χ0v) is 15.5. The normalized spacial score (nSPS) is 18.0. The number of nitrogens with zero attached hydrogens (tertiary/aromatic N) is 1. The molecular formula is C21H21N3O4. The highest BCUT2D eigenvalue weighted by atomic mass is 16.5. The lowest BCUT2D eigenvalue weighted by Crippen LogP contribution is -2.40. The van der Waals surface area contributed by atoms with Gasteiger partial charge >= 0.3 is 0 Å². The van der Waals surface area contributed by atoms with E-state index in [1.165, 1.54) is 0 Å². The summed E-state index contributed by atoms with van der Waals surface area (Å²) in [5.74, 6) is 0.216. The van der Waals surface area contributed by atoms with Gasteiger partial charge in [0.15, 0.2) is 0 Å². The molecule has 3 amide bonds. The van der Waals surface area contributed by atoms with Gasteiger partial charge in [-0.1, -0.05) is 12.1 Å². The first-order valence-corrected chi connectivity index (χ1v) is 9.24. The molecule has 1 fully saturated rings. The maximum absolute atomic E-state index is 12.9. The van der Waals surface area contributed by atoms with Gasteiger partial charge in [-0.05, 0) is 48.7 Å². The number of rotatable bonds is 4. The Morgan fingerprint density at radius 1 is 1.21 bits per heavy atom. The van der Waals surface area contributed by atoms with Gasteiger partial charge in [-0.2, -0.15) is 0 Å². The smallest absolute Gasteiger partial charge is 0.256 e. The van der Waals surface area contributed by atoms with Gasteiger partial charge in [0.1, 0.15) is 11.8 Å². The summed E-state index contributed by atoms with van der Waals surface area (Å²) in [6.45, 7) is 0.574. The van der Waals surface area contributed by atoms with E-state index >= 15 is 0 Å². The molecule has 0 aromatic heterocycles. The molecule has 28 heavy (non-hydrogen) atoms. The first-order valence-electron chi connectivity index (χ1n) is 9.24. The van der Waals surface area contributed by atoms with E-state index in [-0.39, 0.29) is 24.1 Å². The Morgan fingerprint density at radius 3 is 2.75 bits per heavy atom. The van der Waals surface area contributed by atoms with Gasteiger partial charge in [0.05, 0.1) is 24.8 Å². The predicted octanol–water partition coefficient (Wildman–Crippen LogP) is 2.43. The van der Waals surface area contributed by atoms with Crippen LogP contribution in [0.15, 0.2) is 42.5 Å². The fourth-order valence-electron chi connectivity index (χ4n) is 3.70. The number of nitrogens with one attached hydrogen (secondary N) is 2. The molecule has 2 aliphatic heterocycles. The van der Waals surface area contributed by atoms with Crippen molar-refractivity contribution in [3.8, 4) is 5.75 Å². The van der Waals surface area contributed by atoms with Crippen LogP contribution in [0.25, 0.3) is 0 Å². The molecule has 2 aromatic rings. The molecular weight excluding hydrogens is 358 g/mol. The highest BCUT2D eigenvalue weighted by Crippen LogP contribution is 2.30. The average molecular weight is 379 g/mol. The van der Waals surface area contributed by atoms with Crippen LogP contribution in [0.5, 0.6) is 5.75 Å². The van der Waals surface area contributed by atoms with Gasteiger partial charge in [0.25, 0.3) is 5.91 Å². The Kier molecular flexibility index (Phi) is 4.73. The predicted molar refractivity (Wildman–Crippen MR) is 104 cm³/mol. The monoisotopic (exact) mass is 379 g/mol. The summed E-state index contributed by atoms with van der Waals surface area (Å²) in [6.07, 6.45) is 1.70. The van der Waals surface area contributed by atoms with Crippen LogP contribution >= 0.6 is 0 Å². The summed E-state index contributed by atoms with van der Waals surface area (Å²) in [5.41, 5.74) is 2.27. The SMILES string of the molecule is COc1ccc(CC(=O)Nc2ccc3c(c2)C(=O)N2CCC[C@@H]2C(=O)N3)cc1. The fourth-order valence-corrected chi connectivity index (χ4v) is 3.70. The summed E-state index contributed by atoms with van der Waals surface area (Å²) < 4.78 is 5.11. The van der Waals surface area contributed by atoms with Gasteiger partial charge in [-0.15, -0.1) is 0 Å². The molecule has 2 aromatic carbocycles. The third-order valence-electron chi connectivity index (χ3n) is 5.13. The van der Waals surface area contributed by atoms with Crippen molar-refractivity contribution in [3.63, 3.8) is 0 Å². The molecule has 2 aliphatic rings. The van der Waals surface area contributed by atoms with Crippen LogP contribution in [0.4, 0.5) is 11.4 Å². The van der Waals surface area contributed by atoms with E-state index in [0.29, 0.717) is 29.9 Å². The summed E-state index contributed by atoms with van der Waals surface area (Å²) in [4.78, 5) is 39.2. The number of ether oxygens (including phenoxy) is 1. The number of hydrogen-bond donors (Lipinski definition) is 2. The Hall–Kier alpha value is -3.35. The lowest BCUT2D eigenvalue weighted by Gasteiger charge is -2.20. The quantitative estimate of drug-likeness (QED) is 0.854. The molecule has 0 saturated carbocycles. The van der Waals surface area contributed by atoms with E-state index in [2.05, 4.69) is 10.6 Å². The first kappa shape index (κ1) is 18.0. The maximum atomic E-state index is 12.9. The van der Waals surface area contributed by atoms with Crippen LogP contribution in [0.3, 0.4) is 0 Å². The van der Waals surface area contributed by atoms with E-state index in [1.54, 1.807) is 42.3 Å². The number of anilines is 2. The van der Waals surface area contributed by atoms with Crippen molar-refractivity contribution in [2.45, 2.75) is 25.3 Å². The third-order valence-corrected chi connectivity index (χ3v) is 5.13. The summed E-state index contributed by atoms with van der Waals surface area (Å²) in [7, 11) is 1.59. The van der Waals surface area contributed by atoms with Crippen molar-refractivity contribution in [2.24, 2.45) is 0 Å². The topological polar surface area (TPSA) is 87.7 Å². The van der Waals surface area contributed by atoms with Crippen molar-refractivity contribution >= 4 is 29.1 Å². The molecule has 4 rings (SSSR count). The van der Waals surface area contributed by atoms with Crippen LogP contribution in [-0.2, 0) is 16.0 Å². The second kappa shape index (κ2) is 7.34. The standard InChI is InChI=1S/C21H21N3O4/c1-28-15-7-4-13(5-8-15)11-19(25)22-14-6-9-17-16(12-14)21(27)24-10-2-3-18(24)20(26)23-17/h4-9,12,18H,2-3,10-11H2,1H3,(H,22,25)(H,23,26)/t18-/m1/s1. The molecule has 2 N–H and O–H groups in total. The van der Waals surface area contributed by atoms with Crippen molar-refractivity contribution < 1.29 is 19.1 Å². The summed E-state index contributed by atoms with van der Waals surface area (Å²) >= 11 is 0. The average Bonchev–Trinajstić information content (AvgIpc) is 3.16. The van der Waals surface area contributed by atoms with Crippen LogP contribution < -0.4 is 15.4 Å². The number of carbonyl (C=O) groups excluding carboxylic acids is 3. The minimum atomic E-state index is -0.409. The van der Waals surface area contributed by atoms with Crippen LogP contribution in [0, 0.1) is 0 Å². The summed E-state index contributed by atoms with van der Waals surface area (Å²) in [5, 5.41) is 5.66. The maximum Gasteiger partial charge on any atom is 0.256 e. The molecule has 7 nitrogen and oxygen atoms in total. The molecule has 0 bridgehead atoms. The molecule has 0 spiro atoms. The van der Waals surface area contributed by atoms with Gasteiger partial charge in [0.2, 0.25) is 11.8 Å². The Balaban J connectivity index is 1.50. The largest absolute Gasteiger partial charge is 0.497 e. The molecule has 1 atom stereocenters. The Labute approximate surface area is 162 Å². The van der Waals surface area contributed by atoms with E-state index in [0.717, 1.165) is 17.7 Å².